The van der Waals surface area contributed by atoms with Crippen LogP contribution in [0.4, 0.5) is 0 Å². The topological polar surface area (TPSA) is 35.5 Å². The van der Waals surface area contributed by atoms with Gasteiger partial charge in [-0.15, -0.1) is 0 Å². The maximum absolute atomic E-state index is 12.2. The normalized spacial score (nSPS) is 28.4. The first-order valence-electron chi connectivity index (χ1n) is 9.74. The second-order valence-electron chi connectivity index (χ2n) is 7.18. The Morgan fingerprint density at radius 3 is 2.04 bits per heavy atom. The summed E-state index contributed by atoms with van der Waals surface area (Å²) >= 11 is 0. The van der Waals surface area contributed by atoms with Crippen LogP contribution >= 0.6 is 0 Å². The van der Waals surface area contributed by atoms with Crippen LogP contribution in [0, 0.1) is 11.8 Å². The summed E-state index contributed by atoms with van der Waals surface area (Å²) in [6.45, 7) is 4.91. The fourth-order valence-electron chi connectivity index (χ4n) is 3.71. The second kappa shape index (κ2) is 10.1. The van der Waals surface area contributed by atoms with Gasteiger partial charge in [0.2, 0.25) is 0 Å². The molecule has 1 fully saturated rings. The lowest BCUT2D eigenvalue weighted by molar-refractivity contribution is -0.150. The highest BCUT2D eigenvalue weighted by Crippen LogP contribution is 2.39. The number of carbonyl (C=O) groups is 1. The predicted molar refractivity (Wildman–Crippen MR) is 93.3 cm³/mol. The van der Waals surface area contributed by atoms with E-state index in [9.17, 15) is 4.79 Å². The zero-order valence-corrected chi connectivity index (χ0v) is 15.0. The first kappa shape index (κ1) is 18.5. The van der Waals surface area contributed by atoms with Gasteiger partial charge in [-0.3, -0.25) is 4.79 Å². The summed E-state index contributed by atoms with van der Waals surface area (Å²) in [4.78, 5) is 12.2. The minimum absolute atomic E-state index is 0.0461. The van der Waals surface area contributed by atoms with Gasteiger partial charge in [0, 0.05) is 5.92 Å². The van der Waals surface area contributed by atoms with Gasteiger partial charge in [-0.1, -0.05) is 83.8 Å². The quantitative estimate of drug-likeness (QED) is 0.287. The van der Waals surface area contributed by atoms with Crippen molar-refractivity contribution in [2.75, 3.05) is 6.61 Å². The number of unbranched alkanes of at least 4 members (excludes halogenated alkanes) is 9. The monoisotopic (exact) mass is 322 g/mol. The molecule has 0 N–H and O–H groups in total. The molecule has 23 heavy (non-hydrogen) atoms. The highest BCUT2D eigenvalue weighted by Gasteiger charge is 2.47. The van der Waals surface area contributed by atoms with Crippen LogP contribution < -0.4 is 0 Å². The van der Waals surface area contributed by atoms with Crippen molar-refractivity contribution < 1.29 is 14.3 Å². The molecule has 0 aromatic rings. The van der Waals surface area contributed by atoms with Gasteiger partial charge in [-0.2, -0.15) is 0 Å². The minimum atomic E-state index is -0.0897. The van der Waals surface area contributed by atoms with E-state index in [4.69, 9.17) is 9.47 Å². The smallest absolute Gasteiger partial charge is 0.312 e. The first-order chi connectivity index (χ1) is 11.2. The van der Waals surface area contributed by atoms with Crippen LogP contribution in [-0.4, -0.2) is 24.8 Å². The number of esters is 1. The minimum Gasteiger partial charge on any atom is -0.465 e. The van der Waals surface area contributed by atoms with Crippen molar-refractivity contribution >= 4 is 5.97 Å². The molecule has 3 nitrogen and oxygen atoms in total. The van der Waals surface area contributed by atoms with Gasteiger partial charge in [0.05, 0.1) is 24.7 Å². The molecule has 2 rings (SSSR count). The standard InChI is InChI=1S/C20H34O3/c1-3-4-5-6-7-8-9-10-11-12-15-22-20(21)19-16(2)17-13-14-18(19)23-17/h13-14,16-19H,3-12,15H2,1-2H3. The van der Waals surface area contributed by atoms with E-state index in [1.165, 1.54) is 57.8 Å². The van der Waals surface area contributed by atoms with Gasteiger partial charge in [0.25, 0.3) is 0 Å². The number of rotatable bonds is 12. The fraction of sp³-hybridized carbons (Fsp3) is 0.850. The summed E-state index contributed by atoms with van der Waals surface area (Å²) < 4.78 is 11.2. The third-order valence-corrected chi connectivity index (χ3v) is 5.26. The Balaban J connectivity index is 1.42. The summed E-state index contributed by atoms with van der Waals surface area (Å²) in [5.74, 6) is 0.101. The van der Waals surface area contributed by atoms with Crippen LogP contribution in [0.15, 0.2) is 12.2 Å². The van der Waals surface area contributed by atoms with E-state index in [1.807, 2.05) is 6.08 Å². The SMILES string of the molecule is CCCCCCCCCCCCOC(=O)C1C2C=CC(O2)C1C. The Bertz CT molecular complexity index is 377. The van der Waals surface area contributed by atoms with Crippen molar-refractivity contribution in [1.82, 2.24) is 0 Å². The number of hydrogen-bond acceptors (Lipinski definition) is 3. The van der Waals surface area contributed by atoms with Crippen molar-refractivity contribution in [1.29, 1.82) is 0 Å². The van der Waals surface area contributed by atoms with E-state index in [0.29, 0.717) is 6.61 Å². The molecule has 0 radical (unpaired) electrons. The summed E-state index contributed by atoms with van der Waals surface area (Å²) in [6, 6.07) is 0. The van der Waals surface area contributed by atoms with Crippen molar-refractivity contribution in [2.45, 2.75) is 90.3 Å². The van der Waals surface area contributed by atoms with E-state index in [1.54, 1.807) is 0 Å². The summed E-state index contributed by atoms with van der Waals surface area (Å²) in [7, 11) is 0. The molecule has 132 valence electrons. The lowest BCUT2D eigenvalue weighted by Crippen LogP contribution is -2.31. The van der Waals surface area contributed by atoms with Crippen molar-refractivity contribution in [3.8, 4) is 0 Å². The average molecular weight is 322 g/mol. The molecule has 4 unspecified atom stereocenters. The highest BCUT2D eigenvalue weighted by molar-refractivity contribution is 5.75. The molecule has 0 aromatic carbocycles. The first-order valence-corrected chi connectivity index (χ1v) is 9.74. The van der Waals surface area contributed by atoms with Crippen molar-refractivity contribution in [2.24, 2.45) is 11.8 Å². The van der Waals surface area contributed by atoms with Crippen LogP contribution in [-0.2, 0) is 14.3 Å². The van der Waals surface area contributed by atoms with Gasteiger partial charge in [-0.25, -0.2) is 0 Å². The van der Waals surface area contributed by atoms with Gasteiger partial charge in [0.1, 0.15) is 0 Å². The number of carbonyl (C=O) groups excluding carboxylic acids is 1. The predicted octanol–water partition coefficient (Wildman–Crippen LogP) is 5.04. The largest absolute Gasteiger partial charge is 0.465 e. The Kier molecular flexibility index (Phi) is 8.14. The van der Waals surface area contributed by atoms with E-state index < -0.39 is 0 Å². The Labute approximate surface area is 141 Å². The maximum Gasteiger partial charge on any atom is 0.312 e. The lowest BCUT2D eigenvalue weighted by atomic mass is 9.84. The molecule has 0 aliphatic carbocycles. The van der Waals surface area contributed by atoms with Crippen LogP contribution in [0.25, 0.3) is 0 Å². The molecule has 2 bridgehead atoms. The zero-order valence-electron chi connectivity index (χ0n) is 15.0. The lowest BCUT2D eigenvalue weighted by Gasteiger charge is -2.19. The van der Waals surface area contributed by atoms with Crippen LogP contribution in [0.5, 0.6) is 0 Å². The van der Waals surface area contributed by atoms with Gasteiger partial charge in [0.15, 0.2) is 0 Å². The molecule has 4 atom stereocenters. The van der Waals surface area contributed by atoms with Crippen LogP contribution in [0.1, 0.15) is 78.1 Å². The Hall–Kier alpha value is -0.830. The molecular formula is C20H34O3. The Morgan fingerprint density at radius 2 is 1.48 bits per heavy atom. The average Bonchev–Trinajstić information content (AvgIpc) is 3.13. The molecule has 2 aliphatic rings. The number of fused-ring (bicyclic) bond motifs is 2. The van der Waals surface area contributed by atoms with E-state index in [0.717, 1.165) is 6.42 Å². The second-order valence-corrected chi connectivity index (χ2v) is 7.18. The summed E-state index contributed by atoms with van der Waals surface area (Å²) in [6.07, 6.45) is 17.1. The van der Waals surface area contributed by atoms with E-state index in [2.05, 4.69) is 19.9 Å². The van der Waals surface area contributed by atoms with E-state index in [-0.39, 0.29) is 30.0 Å². The Morgan fingerprint density at radius 1 is 0.913 bits per heavy atom. The highest BCUT2D eigenvalue weighted by atomic mass is 16.5. The van der Waals surface area contributed by atoms with Gasteiger partial charge >= 0.3 is 5.97 Å². The maximum atomic E-state index is 12.2. The molecule has 2 heterocycles. The van der Waals surface area contributed by atoms with Gasteiger partial charge in [-0.05, 0) is 6.42 Å². The third kappa shape index (κ3) is 5.63. The van der Waals surface area contributed by atoms with Crippen LogP contribution in [0.2, 0.25) is 0 Å². The number of hydrogen-bond donors (Lipinski definition) is 0. The molecule has 3 heteroatoms. The third-order valence-electron chi connectivity index (χ3n) is 5.26. The summed E-state index contributed by atoms with van der Waals surface area (Å²) in [5, 5.41) is 0. The molecule has 0 saturated carbocycles. The molecule has 2 aliphatic heterocycles. The van der Waals surface area contributed by atoms with Crippen LogP contribution in [0.3, 0.4) is 0 Å². The van der Waals surface area contributed by atoms with Gasteiger partial charge < -0.3 is 9.47 Å². The molecular weight excluding hydrogens is 288 g/mol. The summed E-state index contributed by atoms with van der Waals surface area (Å²) in [5.41, 5.74) is 0. The van der Waals surface area contributed by atoms with Crippen molar-refractivity contribution in [3.63, 3.8) is 0 Å². The molecule has 1 saturated heterocycles. The molecule has 0 aromatic heterocycles. The molecule has 0 spiro atoms. The molecule has 0 amide bonds. The zero-order chi connectivity index (χ0) is 16.5. The van der Waals surface area contributed by atoms with E-state index >= 15 is 0 Å². The van der Waals surface area contributed by atoms with Crippen molar-refractivity contribution in [3.05, 3.63) is 12.2 Å². The fourth-order valence-corrected chi connectivity index (χ4v) is 3.71. The number of ether oxygens (including phenoxy) is 2.